The van der Waals surface area contributed by atoms with Crippen molar-refractivity contribution in [2.75, 3.05) is 12.4 Å². The molecule has 4 aromatic rings. The van der Waals surface area contributed by atoms with Gasteiger partial charge < -0.3 is 4.74 Å². The molecule has 0 aliphatic heterocycles. The second-order valence-electron chi connectivity index (χ2n) is 5.84. The molecule has 0 atom stereocenters. The molecule has 0 aliphatic carbocycles. The number of carbonyl (C=O) groups is 1. The number of benzene rings is 2. The van der Waals surface area contributed by atoms with Gasteiger partial charge in [0, 0.05) is 5.56 Å². The van der Waals surface area contributed by atoms with Gasteiger partial charge in [0.05, 0.1) is 23.0 Å². The van der Waals surface area contributed by atoms with E-state index in [9.17, 15) is 4.79 Å². The van der Waals surface area contributed by atoms with Gasteiger partial charge in [-0.1, -0.05) is 29.5 Å². The molecular formula is C19H16N4O2S. The maximum Gasteiger partial charge on any atom is 0.275 e. The fourth-order valence-corrected chi connectivity index (χ4v) is 3.58. The van der Waals surface area contributed by atoms with Crippen LogP contribution in [0.1, 0.15) is 16.1 Å². The van der Waals surface area contributed by atoms with Crippen molar-refractivity contribution in [1.82, 2.24) is 15.2 Å². The summed E-state index contributed by atoms with van der Waals surface area (Å²) in [6, 6.07) is 15.2. The summed E-state index contributed by atoms with van der Waals surface area (Å²) < 4.78 is 6.27. The lowest BCUT2D eigenvalue weighted by Crippen LogP contribution is -2.11. The van der Waals surface area contributed by atoms with Crippen LogP contribution in [0, 0.1) is 6.92 Å². The molecule has 2 heterocycles. The van der Waals surface area contributed by atoms with Gasteiger partial charge in [-0.15, -0.1) is 0 Å². The second-order valence-corrected chi connectivity index (χ2v) is 6.87. The summed E-state index contributed by atoms with van der Waals surface area (Å²) in [6.07, 6.45) is 0. The zero-order chi connectivity index (χ0) is 18.1. The van der Waals surface area contributed by atoms with E-state index in [2.05, 4.69) is 26.6 Å². The first-order valence-corrected chi connectivity index (χ1v) is 8.82. The Morgan fingerprint density at radius 2 is 2.08 bits per heavy atom. The Labute approximate surface area is 153 Å². The second kappa shape index (κ2) is 6.61. The van der Waals surface area contributed by atoms with Gasteiger partial charge in [-0.05, 0) is 42.8 Å². The fourth-order valence-electron chi connectivity index (χ4n) is 2.62. The first-order chi connectivity index (χ1) is 12.6. The number of methoxy groups -OCH3 is 1. The molecule has 0 aliphatic rings. The molecule has 0 unspecified atom stereocenters. The maximum atomic E-state index is 12.5. The van der Waals surface area contributed by atoms with Crippen molar-refractivity contribution in [3.05, 3.63) is 59.8 Å². The van der Waals surface area contributed by atoms with E-state index in [0.717, 1.165) is 27.1 Å². The summed E-state index contributed by atoms with van der Waals surface area (Å²) in [5.41, 5.74) is 3.95. The van der Waals surface area contributed by atoms with E-state index < -0.39 is 0 Å². The topological polar surface area (TPSA) is 79.9 Å². The highest BCUT2D eigenvalue weighted by atomic mass is 32.1. The fraction of sp³-hybridized carbons (Fsp3) is 0.105. The van der Waals surface area contributed by atoms with Crippen LogP contribution in [0.15, 0.2) is 48.5 Å². The highest BCUT2D eigenvalue weighted by Gasteiger charge is 2.14. The van der Waals surface area contributed by atoms with Crippen LogP contribution in [0.3, 0.4) is 0 Å². The first kappa shape index (κ1) is 16.3. The number of aromatic amines is 1. The van der Waals surface area contributed by atoms with Crippen LogP contribution in [0.5, 0.6) is 5.75 Å². The summed E-state index contributed by atoms with van der Waals surface area (Å²) >= 11 is 1.45. The molecule has 6 nitrogen and oxygen atoms in total. The summed E-state index contributed by atoms with van der Waals surface area (Å²) in [5, 5.41) is 10.4. The van der Waals surface area contributed by atoms with Crippen molar-refractivity contribution in [2.24, 2.45) is 0 Å². The number of hydrogen-bond acceptors (Lipinski definition) is 5. The van der Waals surface area contributed by atoms with Crippen LogP contribution in [0.25, 0.3) is 21.5 Å². The third-order valence-corrected chi connectivity index (χ3v) is 4.89. The van der Waals surface area contributed by atoms with Gasteiger partial charge in [-0.25, -0.2) is 4.98 Å². The van der Waals surface area contributed by atoms with Crippen molar-refractivity contribution in [1.29, 1.82) is 0 Å². The Morgan fingerprint density at radius 1 is 1.19 bits per heavy atom. The number of carbonyl (C=O) groups excluding carboxylic acids is 1. The molecule has 2 aromatic carbocycles. The zero-order valence-corrected chi connectivity index (χ0v) is 15.1. The number of amides is 1. The Bertz CT molecular complexity index is 1100. The number of aromatic nitrogens is 3. The minimum absolute atomic E-state index is 0.276. The molecule has 4 rings (SSSR count). The SMILES string of the molecule is COc1cccc(-c2cc(C(=O)Nc3nc4ccc(C)cc4s3)[nH]n2)c1. The Hall–Kier alpha value is -3.19. The third-order valence-electron chi connectivity index (χ3n) is 3.95. The van der Waals surface area contributed by atoms with Crippen molar-refractivity contribution in [3.8, 4) is 17.0 Å². The summed E-state index contributed by atoms with van der Waals surface area (Å²) in [4.78, 5) is 16.9. The number of rotatable bonds is 4. The number of nitrogens with zero attached hydrogens (tertiary/aromatic N) is 2. The van der Waals surface area contributed by atoms with E-state index in [-0.39, 0.29) is 5.91 Å². The number of ether oxygens (including phenoxy) is 1. The quantitative estimate of drug-likeness (QED) is 0.567. The standard InChI is InChI=1S/C19H16N4O2S/c1-11-6-7-14-17(8-11)26-19(20-14)21-18(24)16-10-15(22-23-16)12-4-3-5-13(9-12)25-2/h3-10H,1-2H3,(H,22,23)(H,20,21,24). The van der Waals surface area contributed by atoms with Crippen LogP contribution in [-0.2, 0) is 0 Å². The summed E-state index contributed by atoms with van der Waals surface area (Å²) in [7, 11) is 1.61. The van der Waals surface area contributed by atoms with Gasteiger partial charge in [0.2, 0.25) is 0 Å². The molecule has 2 N–H and O–H groups in total. The maximum absolute atomic E-state index is 12.5. The molecule has 1 amide bonds. The van der Waals surface area contributed by atoms with Crippen molar-refractivity contribution in [2.45, 2.75) is 6.92 Å². The summed E-state index contributed by atoms with van der Waals surface area (Å²) in [5.74, 6) is 0.462. The number of H-pyrrole nitrogens is 1. The Kier molecular flexibility index (Phi) is 4.14. The normalized spacial score (nSPS) is 10.8. The molecule has 26 heavy (non-hydrogen) atoms. The van der Waals surface area contributed by atoms with Crippen molar-refractivity contribution < 1.29 is 9.53 Å². The lowest BCUT2D eigenvalue weighted by atomic mass is 10.1. The van der Waals surface area contributed by atoms with E-state index in [4.69, 9.17) is 4.74 Å². The van der Waals surface area contributed by atoms with Crippen molar-refractivity contribution in [3.63, 3.8) is 0 Å². The minimum atomic E-state index is -0.276. The average molecular weight is 364 g/mol. The number of hydrogen-bond donors (Lipinski definition) is 2. The number of fused-ring (bicyclic) bond motifs is 1. The van der Waals surface area contributed by atoms with Crippen LogP contribution in [0.2, 0.25) is 0 Å². The van der Waals surface area contributed by atoms with Gasteiger partial charge in [0.15, 0.2) is 5.13 Å². The number of thiazole rings is 1. The highest BCUT2D eigenvalue weighted by molar-refractivity contribution is 7.22. The van der Waals surface area contributed by atoms with Crippen molar-refractivity contribution >= 4 is 32.6 Å². The Balaban J connectivity index is 1.55. The lowest BCUT2D eigenvalue weighted by molar-refractivity contribution is 0.102. The minimum Gasteiger partial charge on any atom is -0.497 e. The van der Waals surface area contributed by atoms with Crippen LogP contribution >= 0.6 is 11.3 Å². The van der Waals surface area contributed by atoms with Gasteiger partial charge in [0.25, 0.3) is 5.91 Å². The largest absolute Gasteiger partial charge is 0.497 e. The monoisotopic (exact) mass is 364 g/mol. The van der Waals surface area contributed by atoms with E-state index in [1.54, 1.807) is 13.2 Å². The molecule has 2 aromatic heterocycles. The first-order valence-electron chi connectivity index (χ1n) is 8.01. The molecule has 0 fully saturated rings. The number of anilines is 1. The molecule has 130 valence electrons. The molecule has 0 bridgehead atoms. The van der Waals surface area contributed by atoms with Gasteiger partial charge in [-0.2, -0.15) is 5.10 Å². The van der Waals surface area contributed by atoms with Crippen LogP contribution in [-0.4, -0.2) is 28.2 Å². The highest BCUT2D eigenvalue weighted by Crippen LogP contribution is 2.27. The van der Waals surface area contributed by atoms with E-state index in [0.29, 0.717) is 16.5 Å². The molecule has 0 saturated carbocycles. The smallest absolute Gasteiger partial charge is 0.275 e. The molecule has 7 heteroatoms. The molecule has 0 saturated heterocycles. The Morgan fingerprint density at radius 3 is 2.92 bits per heavy atom. The number of nitrogens with one attached hydrogen (secondary N) is 2. The predicted molar refractivity (Wildman–Crippen MR) is 103 cm³/mol. The molecular weight excluding hydrogens is 348 g/mol. The third kappa shape index (κ3) is 3.16. The van der Waals surface area contributed by atoms with Gasteiger partial charge in [-0.3, -0.25) is 15.2 Å². The van der Waals surface area contributed by atoms with Gasteiger partial charge >= 0.3 is 0 Å². The average Bonchev–Trinajstić information content (AvgIpc) is 3.28. The van der Waals surface area contributed by atoms with E-state index in [1.807, 2.05) is 43.3 Å². The zero-order valence-electron chi connectivity index (χ0n) is 14.2. The number of aryl methyl sites for hydroxylation is 1. The van der Waals surface area contributed by atoms with E-state index in [1.165, 1.54) is 11.3 Å². The van der Waals surface area contributed by atoms with Gasteiger partial charge in [0.1, 0.15) is 11.4 Å². The van der Waals surface area contributed by atoms with Crippen LogP contribution < -0.4 is 10.1 Å². The molecule has 0 radical (unpaired) electrons. The predicted octanol–water partition coefficient (Wildman–Crippen LogP) is 4.26. The van der Waals surface area contributed by atoms with E-state index >= 15 is 0 Å². The molecule has 0 spiro atoms. The lowest BCUT2D eigenvalue weighted by Gasteiger charge is -2.01. The summed E-state index contributed by atoms with van der Waals surface area (Å²) in [6.45, 7) is 2.03. The van der Waals surface area contributed by atoms with Crippen LogP contribution in [0.4, 0.5) is 5.13 Å².